The molecule has 0 aromatic rings. The molecule has 0 aromatic heterocycles. The zero-order valence-electron chi connectivity index (χ0n) is 9.90. The Hall–Kier alpha value is -0.550. The average Bonchev–Trinajstić information content (AvgIpc) is 2.43. The van der Waals surface area contributed by atoms with Gasteiger partial charge < -0.3 is 9.35 Å². The van der Waals surface area contributed by atoms with E-state index in [2.05, 4.69) is 0 Å². The van der Waals surface area contributed by atoms with Gasteiger partial charge in [0.05, 0.1) is 23.8 Å². The molecule has 1 aliphatic rings. The summed E-state index contributed by atoms with van der Waals surface area (Å²) in [5.74, 6) is 0.573. The van der Waals surface area contributed by atoms with Crippen molar-refractivity contribution < 1.29 is 14.1 Å². The first-order chi connectivity index (χ1) is 7.52. The zero-order chi connectivity index (χ0) is 12.1. The number of Topliss-reactive ketones (excluding diaryl/α,β-unsaturated/α-hetero) is 1. The average molecular weight is 245 g/mol. The number of ketones is 1. The van der Waals surface area contributed by atoms with E-state index in [1.54, 1.807) is 6.92 Å². The topological polar surface area (TPSA) is 60.4 Å². The number of unbranched alkanes of at least 4 members (excludes halogenated alkanes) is 2. The van der Waals surface area contributed by atoms with E-state index in [1.165, 1.54) is 4.31 Å². The minimum Gasteiger partial charge on any atom is -0.593 e. The summed E-state index contributed by atoms with van der Waals surface area (Å²) in [4.78, 5) is 22.3. The van der Waals surface area contributed by atoms with Crippen LogP contribution in [0.5, 0.6) is 0 Å². The Morgan fingerprint density at radius 1 is 1.50 bits per heavy atom. The molecule has 0 radical (unpaired) electrons. The molecule has 5 heteroatoms. The van der Waals surface area contributed by atoms with Gasteiger partial charge in [0.25, 0.3) is 5.91 Å². The first-order valence-corrected chi connectivity index (χ1v) is 6.99. The highest BCUT2D eigenvalue weighted by Crippen LogP contribution is 2.21. The number of rotatable bonds is 6. The predicted molar refractivity (Wildman–Crippen MR) is 63.0 cm³/mol. The normalized spacial score (nSPS) is 25.2. The zero-order valence-corrected chi connectivity index (χ0v) is 10.7. The molecule has 4 nitrogen and oxygen atoms in total. The van der Waals surface area contributed by atoms with E-state index in [0.717, 1.165) is 19.3 Å². The lowest BCUT2D eigenvalue weighted by molar-refractivity contribution is -0.128. The third kappa shape index (κ3) is 3.79. The van der Waals surface area contributed by atoms with E-state index in [4.69, 9.17) is 0 Å². The smallest absolute Gasteiger partial charge is 0.271 e. The van der Waals surface area contributed by atoms with Gasteiger partial charge in [-0.2, -0.15) is 4.31 Å². The first-order valence-electron chi connectivity index (χ1n) is 5.71. The van der Waals surface area contributed by atoms with Crippen molar-refractivity contribution in [2.24, 2.45) is 5.92 Å². The van der Waals surface area contributed by atoms with Crippen LogP contribution in [0.3, 0.4) is 0 Å². The maximum Gasteiger partial charge on any atom is 0.271 e. The van der Waals surface area contributed by atoms with Crippen molar-refractivity contribution in [3.8, 4) is 0 Å². The second kappa shape index (κ2) is 6.25. The molecule has 0 spiro atoms. The lowest BCUT2D eigenvalue weighted by atomic mass is 10.1. The largest absolute Gasteiger partial charge is 0.593 e. The van der Waals surface area contributed by atoms with Crippen LogP contribution < -0.4 is 0 Å². The molecule has 16 heavy (non-hydrogen) atoms. The Balaban J connectivity index is 2.17. The summed E-state index contributed by atoms with van der Waals surface area (Å²) in [5, 5.41) is 0. The third-order valence-corrected chi connectivity index (χ3v) is 4.34. The minimum absolute atomic E-state index is 0.00454. The van der Waals surface area contributed by atoms with Gasteiger partial charge in [-0.1, -0.05) is 6.42 Å². The van der Waals surface area contributed by atoms with Crippen LogP contribution >= 0.6 is 0 Å². The van der Waals surface area contributed by atoms with Gasteiger partial charge in [-0.15, -0.1) is 0 Å². The molecule has 0 bridgehead atoms. The summed E-state index contributed by atoms with van der Waals surface area (Å²) in [5.41, 5.74) is 0. The van der Waals surface area contributed by atoms with E-state index in [0.29, 0.717) is 18.7 Å². The number of hydrogen-bond donors (Lipinski definition) is 0. The molecule has 1 fully saturated rings. The highest BCUT2D eigenvalue weighted by atomic mass is 32.2. The SMILES string of the molecule is CC(=O)CCCCCN1C(=O)C(C)C[S+]1[O-]. The first kappa shape index (κ1) is 13.5. The lowest BCUT2D eigenvalue weighted by Gasteiger charge is -2.16. The van der Waals surface area contributed by atoms with Crippen molar-refractivity contribution in [1.29, 1.82) is 0 Å². The maximum atomic E-state index is 11.6. The Morgan fingerprint density at radius 2 is 2.19 bits per heavy atom. The summed E-state index contributed by atoms with van der Waals surface area (Å²) in [6.07, 6.45) is 3.21. The maximum absolute atomic E-state index is 11.6. The van der Waals surface area contributed by atoms with Crippen molar-refractivity contribution in [3.05, 3.63) is 0 Å². The number of hydrogen-bond acceptors (Lipinski definition) is 3. The molecular formula is C11H19NO3S. The summed E-state index contributed by atoms with van der Waals surface area (Å²) in [6, 6.07) is 0. The molecule has 0 aliphatic carbocycles. The van der Waals surface area contributed by atoms with Crippen molar-refractivity contribution in [3.63, 3.8) is 0 Å². The van der Waals surface area contributed by atoms with Crippen LogP contribution in [0.25, 0.3) is 0 Å². The fraction of sp³-hybridized carbons (Fsp3) is 0.818. The minimum atomic E-state index is -1.12. The fourth-order valence-corrected chi connectivity index (χ4v) is 3.20. The third-order valence-electron chi connectivity index (χ3n) is 2.70. The van der Waals surface area contributed by atoms with Gasteiger partial charge in [-0.3, -0.25) is 4.79 Å². The van der Waals surface area contributed by atoms with E-state index >= 15 is 0 Å². The molecule has 0 N–H and O–H groups in total. The molecule has 2 atom stereocenters. The van der Waals surface area contributed by atoms with Gasteiger partial charge in [0.1, 0.15) is 11.5 Å². The lowest BCUT2D eigenvalue weighted by Crippen LogP contribution is -2.31. The van der Waals surface area contributed by atoms with Gasteiger partial charge in [0.2, 0.25) is 0 Å². The van der Waals surface area contributed by atoms with E-state index in [1.807, 2.05) is 6.92 Å². The van der Waals surface area contributed by atoms with Crippen LogP contribution in [0, 0.1) is 5.92 Å². The molecule has 0 saturated carbocycles. The second-order valence-corrected chi connectivity index (χ2v) is 5.76. The van der Waals surface area contributed by atoms with Crippen molar-refractivity contribution in [2.45, 2.75) is 39.5 Å². The Labute approximate surface area is 99.7 Å². The Morgan fingerprint density at radius 3 is 2.69 bits per heavy atom. The van der Waals surface area contributed by atoms with Crippen molar-refractivity contribution >= 4 is 23.1 Å². The summed E-state index contributed by atoms with van der Waals surface area (Å²) in [6.45, 7) is 3.96. The van der Waals surface area contributed by atoms with Crippen LogP contribution in [-0.2, 0) is 21.0 Å². The standard InChI is InChI=1S/C11H19NO3S/c1-9-8-16(15)12(11(9)14)7-5-3-4-6-10(2)13/h9H,3-8H2,1-2H3. The Bertz CT molecular complexity index is 270. The molecule has 1 amide bonds. The number of carbonyl (C=O) groups excluding carboxylic acids is 2. The monoisotopic (exact) mass is 245 g/mol. The molecule has 1 rings (SSSR count). The molecule has 92 valence electrons. The van der Waals surface area contributed by atoms with Crippen LogP contribution in [0.2, 0.25) is 0 Å². The highest BCUT2D eigenvalue weighted by Gasteiger charge is 2.39. The number of carbonyl (C=O) groups is 2. The van der Waals surface area contributed by atoms with Gasteiger partial charge in [-0.05, 0) is 26.7 Å². The number of amides is 1. The van der Waals surface area contributed by atoms with E-state index in [-0.39, 0.29) is 17.6 Å². The van der Waals surface area contributed by atoms with Crippen LogP contribution in [0.1, 0.15) is 39.5 Å². The molecule has 1 aliphatic heterocycles. The van der Waals surface area contributed by atoms with Gasteiger partial charge in [0, 0.05) is 6.42 Å². The second-order valence-electron chi connectivity index (χ2n) is 4.34. The Kier molecular flexibility index (Phi) is 5.28. The summed E-state index contributed by atoms with van der Waals surface area (Å²) in [7, 11) is 0. The number of nitrogens with zero attached hydrogens (tertiary/aromatic N) is 1. The quantitative estimate of drug-likeness (QED) is 0.523. The molecule has 2 unspecified atom stereocenters. The molecule has 1 heterocycles. The molecular weight excluding hydrogens is 226 g/mol. The highest BCUT2D eigenvalue weighted by molar-refractivity contribution is 7.90. The van der Waals surface area contributed by atoms with Crippen molar-refractivity contribution in [1.82, 2.24) is 4.31 Å². The van der Waals surface area contributed by atoms with Crippen LogP contribution in [-0.4, -0.2) is 32.8 Å². The van der Waals surface area contributed by atoms with Crippen molar-refractivity contribution in [2.75, 3.05) is 12.3 Å². The predicted octanol–water partition coefficient (Wildman–Crippen LogP) is 1.28. The summed E-state index contributed by atoms with van der Waals surface area (Å²) >= 11 is -1.12. The fourth-order valence-electron chi connectivity index (χ4n) is 1.74. The van der Waals surface area contributed by atoms with Gasteiger partial charge >= 0.3 is 0 Å². The van der Waals surface area contributed by atoms with Crippen LogP contribution in [0.4, 0.5) is 0 Å². The van der Waals surface area contributed by atoms with Gasteiger partial charge in [0.15, 0.2) is 0 Å². The summed E-state index contributed by atoms with van der Waals surface area (Å²) < 4.78 is 13.0. The molecule has 0 aromatic carbocycles. The van der Waals surface area contributed by atoms with E-state index in [9.17, 15) is 14.1 Å². The van der Waals surface area contributed by atoms with E-state index < -0.39 is 11.4 Å². The van der Waals surface area contributed by atoms with Crippen LogP contribution in [0.15, 0.2) is 0 Å². The molecule has 1 saturated heterocycles. The van der Waals surface area contributed by atoms with Gasteiger partial charge in [-0.25, -0.2) is 0 Å².